The van der Waals surface area contributed by atoms with E-state index in [1.54, 1.807) is 0 Å². The van der Waals surface area contributed by atoms with Gasteiger partial charge < -0.3 is 14.0 Å². The second-order valence-corrected chi connectivity index (χ2v) is 8.75. The number of hydrogen-bond donors (Lipinski definition) is 0. The van der Waals surface area contributed by atoms with Crippen LogP contribution in [0.1, 0.15) is 71.3 Å². The molecule has 2 aliphatic rings. The Labute approximate surface area is 157 Å². The van der Waals surface area contributed by atoms with Crippen molar-refractivity contribution in [2.75, 3.05) is 7.11 Å². The molecule has 0 spiro atoms. The topological polar surface area (TPSA) is 44.8 Å². The summed E-state index contributed by atoms with van der Waals surface area (Å²) in [6.07, 6.45) is 5.02. The molecule has 1 saturated carbocycles. The van der Waals surface area contributed by atoms with Gasteiger partial charge in [0.15, 0.2) is 0 Å². The molecular weight excluding hydrogens is 327 g/mol. The fourth-order valence-corrected chi connectivity index (χ4v) is 3.92. The predicted octanol–water partition coefficient (Wildman–Crippen LogP) is 3.82. The predicted molar refractivity (Wildman–Crippen MR) is 103 cm³/mol. The SMILES string of the molecule is COC(=O)C[C@H]1CC[C@H](c2ccc(B3OC(C)(C)C(C)(C)O3)cc2)CC1. The molecule has 1 aromatic carbocycles. The van der Waals surface area contributed by atoms with Gasteiger partial charge in [-0.3, -0.25) is 4.79 Å². The van der Waals surface area contributed by atoms with Crippen LogP contribution in [0.5, 0.6) is 0 Å². The Morgan fingerprint density at radius 2 is 1.58 bits per heavy atom. The number of carbonyl (C=O) groups excluding carboxylic acids is 1. The van der Waals surface area contributed by atoms with E-state index in [9.17, 15) is 4.79 Å². The number of methoxy groups -OCH3 is 1. The average molecular weight is 358 g/mol. The first-order valence-electron chi connectivity index (χ1n) is 9.74. The zero-order chi connectivity index (χ0) is 18.9. The molecule has 0 bridgehead atoms. The van der Waals surface area contributed by atoms with Crippen molar-refractivity contribution in [3.05, 3.63) is 29.8 Å². The van der Waals surface area contributed by atoms with Crippen LogP contribution in [0, 0.1) is 5.92 Å². The Hall–Kier alpha value is -1.33. The summed E-state index contributed by atoms with van der Waals surface area (Å²) in [5.41, 5.74) is 1.83. The number of ether oxygens (including phenoxy) is 1. The van der Waals surface area contributed by atoms with Gasteiger partial charge in [0.25, 0.3) is 0 Å². The largest absolute Gasteiger partial charge is 0.494 e. The third-order valence-electron chi connectivity index (χ3n) is 6.46. The third-order valence-corrected chi connectivity index (χ3v) is 6.46. The first-order valence-corrected chi connectivity index (χ1v) is 9.74. The second kappa shape index (κ2) is 7.36. The van der Waals surface area contributed by atoms with Crippen LogP contribution in [-0.4, -0.2) is 31.4 Å². The van der Waals surface area contributed by atoms with Gasteiger partial charge in [-0.25, -0.2) is 0 Å². The molecule has 1 aliphatic heterocycles. The van der Waals surface area contributed by atoms with Gasteiger partial charge in [-0.2, -0.15) is 0 Å². The first-order chi connectivity index (χ1) is 12.2. The van der Waals surface area contributed by atoms with Gasteiger partial charge in [-0.1, -0.05) is 24.3 Å². The molecule has 1 aromatic rings. The summed E-state index contributed by atoms with van der Waals surface area (Å²) in [5.74, 6) is 0.971. The van der Waals surface area contributed by atoms with Crippen molar-refractivity contribution in [1.82, 2.24) is 0 Å². The van der Waals surface area contributed by atoms with Gasteiger partial charge in [0.1, 0.15) is 0 Å². The molecular formula is C21H31BO4. The van der Waals surface area contributed by atoms with E-state index >= 15 is 0 Å². The molecule has 1 aliphatic carbocycles. The quantitative estimate of drug-likeness (QED) is 0.606. The van der Waals surface area contributed by atoms with Crippen molar-refractivity contribution in [3.8, 4) is 0 Å². The standard InChI is InChI=1S/C21H31BO4/c1-20(2)21(3,4)26-22(25-20)18-12-10-17(11-13-18)16-8-6-15(7-9-16)14-19(23)24-5/h10-13,15-16H,6-9,14H2,1-5H3/t15-,16-. The smallest absolute Gasteiger partial charge is 0.469 e. The second-order valence-electron chi connectivity index (χ2n) is 8.75. The number of carbonyl (C=O) groups is 1. The van der Waals surface area contributed by atoms with Crippen LogP contribution in [0.4, 0.5) is 0 Å². The van der Waals surface area contributed by atoms with E-state index in [-0.39, 0.29) is 24.3 Å². The minimum Gasteiger partial charge on any atom is -0.469 e. The average Bonchev–Trinajstić information content (AvgIpc) is 2.83. The normalized spacial score (nSPS) is 27.3. The summed E-state index contributed by atoms with van der Waals surface area (Å²) in [5, 5.41) is 0. The molecule has 4 nitrogen and oxygen atoms in total. The van der Waals surface area contributed by atoms with Crippen LogP contribution in [0.2, 0.25) is 0 Å². The molecule has 0 amide bonds. The van der Waals surface area contributed by atoms with Crippen molar-refractivity contribution >= 4 is 18.6 Å². The van der Waals surface area contributed by atoms with Gasteiger partial charge in [0, 0.05) is 6.42 Å². The maximum Gasteiger partial charge on any atom is 0.494 e. The number of benzene rings is 1. The Bertz CT molecular complexity index is 614. The van der Waals surface area contributed by atoms with E-state index in [1.165, 1.54) is 12.7 Å². The Balaban J connectivity index is 1.58. The van der Waals surface area contributed by atoms with Crippen molar-refractivity contribution < 1.29 is 18.8 Å². The molecule has 142 valence electrons. The summed E-state index contributed by atoms with van der Waals surface area (Å²) in [6.45, 7) is 8.31. The molecule has 1 saturated heterocycles. The fraction of sp³-hybridized carbons (Fsp3) is 0.667. The van der Waals surface area contributed by atoms with E-state index in [0.717, 1.165) is 31.1 Å². The highest BCUT2D eigenvalue weighted by Crippen LogP contribution is 2.38. The van der Waals surface area contributed by atoms with Gasteiger partial charge in [0.2, 0.25) is 0 Å². The highest BCUT2D eigenvalue weighted by molar-refractivity contribution is 6.62. The fourth-order valence-electron chi connectivity index (χ4n) is 3.92. The van der Waals surface area contributed by atoms with Crippen molar-refractivity contribution in [2.24, 2.45) is 5.92 Å². The van der Waals surface area contributed by atoms with E-state index in [2.05, 4.69) is 52.0 Å². The number of esters is 1. The molecule has 26 heavy (non-hydrogen) atoms. The monoisotopic (exact) mass is 358 g/mol. The van der Waals surface area contributed by atoms with E-state index in [4.69, 9.17) is 14.0 Å². The van der Waals surface area contributed by atoms with Crippen LogP contribution < -0.4 is 5.46 Å². The summed E-state index contributed by atoms with van der Waals surface area (Å²) in [7, 11) is 1.17. The number of rotatable bonds is 4. The highest BCUT2D eigenvalue weighted by atomic mass is 16.7. The third kappa shape index (κ3) is 3.99. The van der Waals surface area contributed by atoms with Crippen LogP contribution in [0.3, 0.4) is 0 Å². The van der Waals surface area contributed by atoms with Crippen molar-refractivity contribution in [2.45, 2.75) is 76.9 Å². The van der Waals surface area contributed by atoms with Crippen LogP contribution in [0.25, 0.3) is 0 Å². The Morgan fingerprint density at radius 1 is 1.04 bits per heavy atom. The maximum atomic E-state index is 11.4. The minimum atomic E-state index is -0.311. The minimum absolute atomic E-state index is 0.0831. The van der Waals surface area contributed by atoms with E-state index < -0.39 is 0 Å². The van der Waals surface area contributed by atoms with Gasteiger partial charge in [-0.15, -0.1) is 0 Å². The molecule has 0 atom stereocenters. The number of hydrogen-bond acceptors (Lipinski definition) is 4. The lowest BCUT2D eigenvalue weighted by Gasteiger charge is -2.32. The molecule has 1 heterocycles. The summed E-state index contributed by atoms with van der Waals surface area (Å²) in [6, 6.07) is 8.70. The van der Waals surface area contributed by atoms with Crippen molar-refractivity contribution in [3.63, 3.8) is 0 Å². The molecule has 0 N–H and O–H groups in total. The van der Waals surface area contributed by atoms with Crippen molar-refractivity contribution in [1.29, 1.82) is 0 Å². The van der Waals surface area contributed by atoms with Crippen LogP contribution >= 0.6 is 0 Å². The summed E-state index contributed by atoms with van der Waals surface area (Å²) < 4.78 is 17.1. The lowest BCUT2D eigenvalue weighted by molar-refractivity contribution is -0.142. The molecule has 0 unspecified atom stereocenters. The summed E-state index contributed by atoms with van der Waals surface area (Å²) >= 11 is 0. The van der Waals surface area contributed by atoms with E-state index in [1.807, 2.05) is 0 Å². The molecule has 5 heteroatoms. The highest BCUT2D eigenvalue weighted by Gasteiger charge is 2.51. The van der Waals surface area contributed by atoms with Gasteiger partial charge >= 0.3 is 13.1 Å². The Kier molecular flexibility index (Phi) is 5.50. The summed E-state index contributed by atoms with van der Waals surface area (Å²) in [4.78, 5) is 11.4. The zero-order valence-corrected chi connectivity index (χ0v) is 16.7. The van der Waals surface area contributed by atoms with Gasteiger partial charge in [-0.05, 0) is 76.2 Å². The molecule has 3 rings (SSSR count). The zero-order valence-electron chi connectivity index (χ0n) is 16.7. The maximum absolute atomic E-state index is 11.4. The first kappa shape index (κ1) is 19.4. The molecule has 0 radical (unpaired) electrons. The van der Waals surface area contributed by atoms with E-state index in [0.29, 0.717) is 18.3 Å². The Morgan fingerprint density at radius 3 is 2.08 bits per heavy atom. The lowest BCUT2D eigenvalue weighted by atomic mass is 9.75. The van der Waals surface area contributed by atoms with Gasteiger partial charge in [0.05, 0.1) is 18.3 Å². The van der Waals surface area contributed by atoms with Crippen LogP contribution in [0.15, 0.2) is 24.3 Å². The molecule has 0 aromatic heterocycles. The molecule has 2 fully saturated rings. The lowest BCUT2D eigenvalue weighted by Crippen LogP contribution is -2.41. The van der Waals surface area contributed by atoms with Crippen LogP contribution in [-0.2, 0) is 18.8 Å².